The van der Waals surface area contributed by atoms with Gasteiger partial charge >= 0.3 is 0 Å². The quantitative estimate of drug-likeness (QED) is 0.0577. The lowest BCUT2D eigenvalue weighted by Crippen LogP contribution is -2.54. The van der Waals surface area contributed by atoms with Crippen molar-refractivity contribution in [3.05, 3.63) is 127 Å². The lowest BCUT2D eigenvalue weighted by atomic mass is 9.46. The molecule has 23 heteroatoms. The first-order valence-corrected chi connectivity index (χ1v) is 31.3. The van der Waals surface area contributed by atoms with E-state index >= 15 is 0 Å². The number of aryl methyl sites for hydroxylation is 1. The van der Waals surface area contributed by atoms with Crippen molar-refractivity contribution in [2.45, 2.75) is 152 Å². The maximum absolute atomic E-state index is 13.6. The Morgan fingerprint density at radius 1 is 0.966 bits per heavy atom. The second-order valence-electron chi connectivity index (χ2n) is 25.2. The number of amides is 1. The summed E-state index contributed by atoms with van der Waals surface area (Å²) >= 11 is 6.00. The maximum Gasteiger partial charge on any atom is 0.262 e. The Kier molecular flexibility index (Phi) is 16.2. The molecule has 1 unspecified atom stereocenters. The van der Waals surface area contributed by atoms with Crippen molar-refractivity contribution in [2.75, 3.05) is 23.9 Å². The van der Waals surface area contributed by atoms with Crippen LogP contribution in [0.3, 0.4) is 0 Å². The summed E-state index contributed by atoms with van der Waals surface area (Å²) in [5, 5.41) is 77.1. The van der Waals surface area contributed by atoms with Crippen LogP contribution in [0.15, 0.2) is 75.8 Å². The van der Waals surface area contributed by atoms with Gasteiger partial charge in [-0.05, 0) is 125 Å². The number of terminal acetylenes is 1. The molecule has 3 saturated carbocycles. The van der Waals surface area contributed by atoms with Crippen LogP contribution in [0, 0.1) is 47.9 Å². The Hall–Kier alpha value is -7.01. The van der Waals surface area contributed by atoms with Gasteiger partial charge in [0.1, 0.15) is 46.1 Å². The summed E-state index contributed by atoms with van der Waals surface area (Å²) in [6.45, 7) is 9.02. The summed E-state index contributed by atoms with van der Waals surface area (Å²) < 4.78 is 45.8. The largest absolute Gasteiger partial charge is 0.507 e. The number of halogens is 1. The fourth-order valence-corrected chi connectivity index (χ4v) is 16.8. The number of carbonyl (C=O) groups excluding carboxylic acids is 4. The van der Waals surface area contributed by atoms with Gasteiger partial charge in [0, 0.05) is 58.7 Å². The molecule has 8 aliphatic rings. The van der Waals surface area contributed by atoms with Gasteiger partial charge in [-0.25, -0.2) is 13.6 Å². The molecule has 2 aliphatic heterocycles. The minimum atomic E-state index is -4.02. The van der Waals surface area contributed by atoms with Crippen molar-refractivity contribution in [1.82, 2.24) is 5.16 Å². The van der Waals surface area contributed by atoms with Crippen LogP contribution in [0.5, 0.6) is 17.2 Å². The first-order valence-electron chi connectivity index (χ1n) is 29.4. The summed E-state index contributed by atoms with van der Waals surface area (Å²) in [4.78, 5) is 54.0. The predicted octanol–water partition coefficient (Wildman–Crippen LogP) is 6.94. The highest BCUT2D eigenvalue weighted by atomic mass is 35.5. The molecule has 13 rings (SSSR count). The molecule has 1 aromatic heterocycles. The fourth-order valence-electron chi connectivity index (χ4n) is 15.7. The lowest BCUT2D eigenvalue weighted by molar-refractivity contribution is -0.247. The standard InChI is InChI=1S/C27H29NO11.C22H27NO2.C16H16ClN3O3S/c1-10-22(31)13(28)6-17(38-10)39-15-8-27(36,16(30)9-29)7-12-19(15)26(35)21-20(24(12)33)23(32)11-4-3-5-14(37-2)18(11)25(21)34;1-4-22(24)10-8-18-16-6-5-15-11-19-14(13-23-25-19)12-20(15,2)17(16)7-9-21(18,22)3;1-9-5-3-4-6-14(9)20-10(2)19-13-8-12(17)15(24(18,22)23)7-11(13)16(20)21/h3-5,10,13,15,17,22,29,31,33,35-36H,6-9,28H2,1-2H3;1,11,13,16-18,24H,5-10,12H2,2-3H3;3-8,10,19H,1-2H3,(H2,18,22,23)/t10-,13-,15-,17-,22+,27-;16-,17+,18+,20+,21+,22+;/m01./s1. The van der Waals surface area contributed by atoms with Crippen LogP contribution >= 0.6 is 11.6 Å². The van der Waals surface area contributed by atoms with Crippen molar-refractivity contribution < 1.29 is 77.0 Å². The van der Waals surface area contributed by atoms with E-state index in [4.69, 9.17) is 47.6 Å². The van der Waals surface area contributed by atoms with E-state index in [9.17, 15) is 58.2 Å². The van der Waals surface area contributed by atoms with Crippen LogP contribution < -0.4 is 25.8 Å². The Labute approximate surface area is 514 Å². The number of hydrogen-bond acceptors (Lipinski definition) is 19. The number of phenolic OH excluding ortho intramolecular Hbond substituents is 2. The molecule has 1 amide bonds. The summed E-state index contributed by atoms with van der Waals surface area (Å²) in [5.74, 6) is 1.55. The third kappa shape index (κ3) is 10.1. The van der Waals surface area contributed by atoms with Crippen molar-refractivity contribution in [3.63, 3.8) is 0 Å². The maximum atomic E-state index is 13.6. The molecule has 1 saturated heterocycles. The molecule has 21 nitrogen and oxygen atoms in total. The molecule has 4 aromatic carbocycles. The number of aromatic hydroxyl groups is 2. The van der Waals surface area contributed by atoms with Gasteiger partial charge in [-0.15, -0.1) is 6.42 Å². The van der Waals surface area contributed by atoms with Crippen LogP contribution in [0.2, 0.25) is 5.02 Å². The molecule has 88 heavy (non-hydrogen) atoms. The number of hydrogen-bond donors (Lipinski definition) is 9. The Balaban J connectivity index is 0.000000142. The van der Waals surface area contributed by atoms with Crippen LogP contribution in [-0.2, 0) is 37.1 Å². The second-order valence-corrected chi connectivity index (χ2v) is 27.1. The number of para-hydroxylation sites is 1. The number of Topliss-reactive ketones (excluding diaryl/α,β-unsaturated/α-hetero) is 1. The molecule has 13 atom stereocenters. The average Bonchev–Trinajstić information content (AvgIpc) is 1.17. The minimum Gasteiger partial charge on any atom is -0.507 e. The van der Waals surface area contributed by atoms with Crippen LogP contribution in [-0.4, -0.2) is 123 Å². The molecule has 466 valence electrons. The number of nitrogens with two attached hydrogens (primary N) is 2. The minimum absolute atomic E-state index is 0.0173. The summed E-state index contributed by atoms with van der Waals surface area (Å²) in [5.41, 5.74) is 6.74. The van der Waals surface area contributed by atoms with E-state index in [1.165, 1.54) is 49.4 Å². The van der Waals surface area contributed by atoms with E-state index in [0.717, 1.165) is 55.5 Å². The zero-order valence-corrected chi connectivity index (χ0v) is 51.1. The first-order chi connectivity index (χ1) is 41.5. The van der Waals surface area contributed by atoms with E-state index in [0.29, 0.717) is 23.4 Å². The number of nitrogens with one attached hydrogen (secondary N) is 1. The molecule has 5 aromatic rings. The number of ketones is 3. The SMILES string of the molecule is C#C[C@]1(O)CC[C@H]2[C@@H]3CCC4=Cc5oncc5C[C@]4(C)[C@H]3CC[C@@]21C.COc1cccc2c1C(=O)c1c(O)c3c(c(O)c1C2=O)C[C@@](O)(C(=O)CO)C[C@@H]3O[C@H]1C[C@H](N)[C@H](O)[C@H](C)O1.Cc1ccccc1N1C(=O)c2cc(S(N)(=O)=O)c(Cl)cc2NC1C. The molecular weight excluding hydrogens is 1170 g/mol. The monoisotopic (exact) mass is 1250 g/mol. The third-order valence-corrected chi connectivity index (χ3v) is 21.8. The van der Waals surface area contributed by atoms with E-state index in [2.05, 4.69) is 36.3 Å². The number of sulfonamides is 1. The summed E-state index contributed by atoms with van der Waals surface area (Å²) in [7, 11) is -2.70. The van der Waals surface area contributed by atoms with Gasteiger partial charge < -0.3 is 60.4 Å². The molecule has 0 bridgehead atoms. The number of anilines is 2. The number of methoxy groups -OCH3 is 1. The highest BCUT2D eigenvalue weighted by Gasteiger charge is 2.64. The van der Waals surface area contributed by atoms with Crippen LogP contribution in [0.25, 0.3) is 6.08 Å². The number of carbonyl (C=O) groups is 4. The number of allylic oxidation sites excluding steroid dienone is 1. The van der Waals surface area contributed by atoms with Gasteiger partial charge in [0.25, 0.3) is 5.91 Å². The Bertz CT molecular complexity index is 3910. The Morgan fingerprint density at radius 3 is 2.36 bits per heavy atom. The molecular formula is C65H72ClN5O16S. The van der Waals surface area contributed by atoms with Gasteiger partial charge in [0.2, 0.25) is 15.8 Å². The van der Waals surface area contributed by atoms with E-state index in [1.54, 1.807) is 17.4 Å². The number of benzene rings is 4. The van der Waals surface area contributed by atoms with Crippen molar-refractivity contribution in [3.8, 4) is 29.6 Å². The van der Waals surface area contributed by atoms with E-state index in [1.807, 2.05) is 44.3 Å². The average molecular weight is 1250 g/mol. The number of primary sulfonamides is 1. The van der Waals surface area contributed by atoms with Gasteiger partial charge in [0.05, 0.1) is 64.6 Å². The molecule has 6 aliphatic carbocycles. The van der Waals surface area contributed by atoms with Gasteiger partial charge in [-0.1, -0.05) is 72.4 Å². The van der Waals surface area contributed by atoms with Gasteiger partial charge in [-0.3, -0.25) is 24.1 Å². The smallest absolute Gasteiger partial charge is 0.262 e. The topological polar surface area (TPSA) is 345 Å². The summed E-state index contributed by atoms with van der Waals surface area (Å²) in [6, 6.07) is 13.7. The number of ether oxygens (including phenoxy) is 3. The predicted molar refractivity (Wildman–Crippen MR) is 322 cm³/mol. The number of nitrogens with zero attached hydrogens (tertiary/aromatic N) is 2. The number of fused-ring (bicyclic) bond motifs is 10. The van der Waals surface area contributed by atoms with Crippen LogP contribution in [0.4, 0.5) is 11.4 Å². The van der Waals surface area contributed by atoms with Crippen molar-refractivity contribution in [1.29, 1.82) is 0 Å². The lowest BCUT2D eigenvalue weighted by Gasteiger charge is -2.58. The van der Waals surface area contributed by atoms with Crippen LogP contribution in [0.1, 0.15) is 155 Å². The van der Waals surface area contributed by atoms with Gasteiger partial charge in [0.15, 0.2) is 23.6 Å². The fraction of sp³-hybridized carbons (Fsp3) is 0.462. The number of aromatic nitrogens is 1. The number of phenols is 2. The van der Waals surface area contributed by atoms with E-state index < -0.39 is 111 Å². The molecule has 11 N–H and O–H groups in total. The first kappa shape index (κ1) is 62.6. The Morgan fingerprint density at radius 2 is 1.68 bits per heavy atom. The van der Waals surface area contributed by atoms with Crippen molar-refractivity contribution >= 4 is 62.3 Å². The molecule has 4 fully saturated rings. The molecule has 0 spiro atoms. The highest BCUT2D eigenvalue weighted by molar-refractivity contribution is 7.89. The highest BCUT2D eigenvalue weighted by Crippen LogP contribution is 2.67. The molecule has 0 radical (unpaired) electrons. The second kappa shape index (κ2) is 22.8. The number of aliphatic hydroxyl groups is 4. The van der Waals surface area contributed by atoms with Crippen molar-refractivity contribution in [2.24, 2.45) is 39.5 Å². The number of aliphatic hydroxyl groups excluding tert-OH is 2. The number of rotatable bonds is 7. The normalized spacial score (nSPS) is 31.5. The summed E-state index contributed by atoms with van der Waals surface area (Å²) in [6.07, 6.45) is 11.9. The molecule has 3 heterocycles. The zero-order valence-electron chi connectivity index (χ0n) is 49.5. The van der Waals surface area contributed by atoms with E-state index in [-0.39, 0.29) is 72.8 Å². The third-order valence-electron chi connectivity index (χ3n) is 20.4. The van der Waals surface area contributed by atoms with Gasteiger partial charge in [-0.2, -0.15) is 0 Å². The zero-order chi connectivity index (χ0) is 63.5.